The second kappa shape index (κ2) is 3.45. The van der Waals surface area contributed by atoms with E-state index in [2.05, 4.69) is 15.6 Å². The van der Waals surface area contributed by atoms with Crippen LogP contribution in [0.1, 0.15) is 22.5 Å². The standard InChI is InChI=1S/C8H12N4OS/c1-10-8-12-6(9)5(14-8)7(13)11-4-2-3-4/h4H,2-3,9H2,1H3,(H,10,12)(H,11,13). The summed E-state index contributed by atoms with van der Waals surface area (Å²) in [6.45, 7) is 0. The first-order chi connectivity index (χ1) is 6.70. The maximum atomic E-state index is 11.6. The highest BCUT2D eigenvalue weighted by Crippen LogP contribution is 2.26. The molecule has 2 rings (SSSR count). The Bertz CT molecular complexity index is 358. The van der Waals surface area contributed by atoms with Crippen molar-refractivity contribution in [1.29, 1.82) is 0 Å². The van der Waals surface area contributed by atoms with E-state index in [9.17, 15) is 4.79 Å². The number of hydrogen-bond donors (Lipinski definition) is 3. The fourth-order valence-electron chi connectivity index (χ4n) is 1.08. The summed E-state index contributed by atoms with van der Waals surface area (Å²) in [6.07, 6.45) is 2.15. The Morgan fingerprint density at radius 3 is 2.86 bits per heavy atom. The van der Waals surface area contributed by atoms with Crippen molar-refractivity contribution < 1.29 is 4.79 Å². The average Bonchev–Trinajstić information content (AvgIpc) is 2.87. The molecule has 1 saturated carbocycles. The fourth-order valence-corrected chi connectivity index (χ4v) is 1.82. The number of anilines is 2. The van der Waals surface area contributed by atoms with Crippen molar-refractivity contribution in [2.45, 2.75) is 18.9 Å². The van der Waals surface area contributed by atoms with Crippen molar-refractivity contribution >= 4 is 28.2 Å². The van der Waals surface area contributed by atoms with Gasteiger partial charge in [-0.3, -0.25) is 4.79 Å². The number of thiazole rings is 1. The van der Waals surface area contributed by atoms with Gasteiger partial charge in [0, 0.05) is 13.1 Å². The number of carbonyl (C=O) groups excluding carboxylic acids is 1. The Hall–Kier alpha value is -1.30. The molecule has 0 saturated heterocycles. The van der Waals surface area contributed by atoms with Gasteiger partial charge in [0.05, 0.1) is 0 Å². The van der Waals surface area contributed by atoms with Gasteiger partial charge in [0.2, 0.25) is 0 Å². The Balaban J connectivity index is 2.12. The van der Waals surface area contributed by atoms with Crippen LogP contribution in [0.2, 0.25) is 0 Å². The van der Waals surface area contributed by atoms with Crippen molar-refractivity contribution in [2.75, 3.05) is 18.1 Å². The lowest BCUT2D eigenvalue weighted by Gasteiger charge is -1.99. The molecule has 0 aromatic carbocycles. The molecule has 0 bridgehead atoms. The maximum Gasteiger partial charge on any atom is 0.265 e. The number of carbonyl (C=O) groups is 1. The predicted molar refractivity (Wildman–Crippen MR) is 56.6 cm³/mol. The van der Waals surface area contributed by atoms with E-state index in [4.69, 9.17) is 5.73 Å². The molecule has 0 unspecified atom stereocenters. The van der Waals surface area contributed by atoms with Crippen LogP contribution in [-0.2, 0) is 0 Å². The van der Waals surface area contributed by atoms with Crippen molar-refractivity contribution in [3.8, 4) is 0 Å². The lowest BCUT2D eigenvalue weighted by atomic mass is 10.4. The molecule has 1 aromatic heterocycles. The molecule has 1 amide bonds. The van der Waals surface area contributed by atoms with Gasteiger partial charge in [0.25, 0.3) is 5.91 Å². The van der Waals surface area contributed by atoms with Crippen LogP contribution in [0.4, 0.5) is 10.9 Å². The molecular formula is C8H12N4OS. The lowest BCUT2D eigenvalue weighted by molar-refractivity contribution is 0.0956. The molecule has 1 heterocycles. The third-order valence-corrected chi connectivity index (χ3v) is 3.07. The van der Waals surface area contributed by atoms with Crippen LogP contribution in [0, 0.1) is 0 Å². The smallest absolute Gasteiger partial charge is 0.265 e. The minimum Gasteiger partial charge on any atom is -0.382 e. The van der Waals surface area contributed by atoms with Crippen LogP contribution in [0.3, 0.4) is 0 Å². The molecule has 4 N–H and O–H groups in total. The molecular weight excluding hydrogens is 200 g/mol. The van der Waals surface area contributed by atoms with Gasteiger partial charge in [-0.15, -0.1) is 0 Å². The first-order valence-corrected chi connectivity index (χ1v) is 5.27. The van der Waals surface area contributed by atoms with Crippen LogP contribution in [0.15, 0.2) is 0 Å². The van der Waals surface area contributed by atoms with E-state index in [0.29, 0.717) is 21.9 Å². The fraction of sp³-hybridized carbons (Fsp3) is 0.500. The minimum atomic E-state index is -0.107. The highest BCUT2D eigenvalue weighted by atomic mass is 32.1. The zero-order chi connectivity index (χ0) is 10.1. The van der Waals surface area contributed by atoms with Gasteiger partial charge < -0.3 is 16.4 Å². The zero-order valence-corrected chi connectivity index (χ0v) is 8.65. The number of aromatic nitrogens is 1. The largest absolute Gasteiger partial charge is 0.382 e. The summed E-state index contributed by atoms with van der Waals surface area (Å²) < 4.78 is 0. The summed E-state index contributed by atoms with van der Waals surface area (Å²) in [7, 11) is 1.75. The molecule has 1 aliphatic carbocycles. The normalized spacial score (nSPS) is 15.2. The Labute approximate surface area is 85.7 Å². The summed E-state index contributed by atoms with van der Waals surface area (Å²) in [5.74, 6) is 0.196. The molecule has 0 radical (unpaired) electrons. The van der Waals surface area contributed by atoms with E-state index in [0.717, 1.165) is 12.8 Å². The van der Waals surface area contributed by atoms with E-state index in [1.54, 1.807) is 7.05 Å². The van der Waals surface area contributed by atoms with Crippen LogP contribution >= 0.6 is 11.3 Å². The first kappa shape index (κ1) is 9.26. The molecule has 6 heteroatoms. The summed E-state index contributed by atoms with van der Waals surface area (Å²) >= 11 is 1.28. The number of amides is 1. The summed E-state index contributed by atoms with van der Waals surface area (Å²) in [5, 5.41) is 6.40. The number of nitrogens with zero attached hydrogens (tertiary/aromatic N) is 1. The number of nitrogen functional groups attached to an aromatic ring is 1. The van der Waals surface area contributed by atoms with Gasteiger partial charge in [0.1, 0.15) is 10.7 Å². The number of hydrogen-bond acceptors (Lipinski definition) is 5. The first-order valence-electron chi connectivity index (χ1n) is 4.45. The van der Waals surface area contributed by atoms with E-state index in [1.165, 1.54) is 11.3 Å². The average molecular weight is 212 g/mol. The zero-order valence-electron chi connectivity index (χ0n) is 7.83. The van der Waals surface area contributed by atoms with E-state index in [-0.39, 0.29) is 5.91 Å². The van der Waals surface area contributed by atoms with Gasteiger partial charge in [-0.05, 0) is 12.8 Å². The van der Waals surface area contributed by atoms with E-state index < -0.39 is 0 Å². The van der Waals surface area contributed by atoms with Gasteiger partial charge in [0.15, 0.2) is 5.13 Å². The lowest BCUT2D eigenvalue weighted by Crippen LogP contribution is -2.25. The molecule has 1 aliphatic rings. The third kappa shape index (κ3) is 1.79. The van der Waals surface area contributed by atoms with E-state index in [1.807, 2.05) is 0 Å². The summed E-state index contributed by atoms with van der Waals surface area (Å²) in [4.78, 5) is 16.1. The van der Waals surface area contributed by atoms with Crippen molar-refractivity contribution in [1.82, 2.24) is 10.3 Å². The molecule has 5 nitrogen and oxygen atoms in total. The van der Waals surface area contributed by atoms with Crippen LogP contribution in [0.5, 0.6) is 0 Å². The Kier molecular flexibility index (Phi) is 2.28. The molecule has 0 atom stereocenters. The van der Waals surface area contributed by atoms with Crippen LogP contribution in [-0.4, -0.2) is 24.0 Å². The quantitative estimate of drug-likeness (QED) is 0.687. The molecule has 1 fully saturated rings. The monoisotopic (exact) mass is 212 g/mol. The summed E-state index contributed by atoms with van der Waals surface area (Å²) in [5.41, 5.74) is 5.61. The second-order valence-electron chi connectivity index (χ2n) is 3.23. The molecule has 14 heavy (non-hydrogen) atoms. The minimum absolute atomic E-state index is 0.107. The summed E-state index contributed by atoms with van der Waals surface area (Å²) in [6, 6.07) is 0.349. The second-order valence-corrected chi connectivity index (χ2v) is 4.23. The van der Waals surface area contributed by atoms with Crippen LogP contribution in [0.25, 0.3) is 0 Å². The highest BCUT2D eigenvalue weighted by molar-refractivity contribution is 7.18. The molecule has 0 spiro atoms. The predicted octanol–water partition coefficient (Wildman–Crippen LogP) is 0.659. The highest BCUT2D eigenvalue weighted by Gasteiger charge is 2.26. The van der Waals surface area contributed by atoms with Crippen molar-refractivity contribution in [3.63, 3.8) is 0 Å². The Morgan fingerprint density at radius 2 is 2.36 bits per heavy atom. The molecule has 0 aliphatic heterocycles. The SMILES string of the molecule is CNc1nc(N)c(C(=O)NC2CC2)s1. The third-order valence-electron chi connectivity index (χ3n) is 1.99. The van der Waals surface area contributed by atoms with Gasteiger partial charge in [-0.1, -0.05) is 11.3 Å². The van der Waals surface area contributed by atoms with Crippen molar-refractivity contribution in [3.05, 3.63) is 4.88 Å². The van der Waals surface area contributed by atoms with Crippen molar-refractivity contribution in [2.24, 2.45) is 0 Å². The number of nitrogens with two attached hydrogens (primary N) is 1. The molecule has 1 aromatic rings. The topological polar surface area (TPSA) is 80.0 Å². The van der Waals surface area contributed by atoms with Gasteiger partial charge >= 0.3 is 0 Å². The van der Waals surface area contributed by atoms with Gasteiger partial charge in [-0.25, -0.2) is 4.98 Å². The van der Waals surface area contributed by atoms with E-state index >= 15 is 0 Å². The van der Waals surface area contributed by atoms with Crippen LogP contribution < -0.4 is 16.4 Å². The molecule has 76 valence electrons. The number of nitrogens with one attached hydrogen (secondary N) is 2. The maximum absolute atomic E-state index is 11.6. The Morgan fingerprint density at radius 1 is 1.64 bits per heavy atom. The number of rotatable bonds is 3. The van der Waals surface area contributed by atoms with Gasteiger partial charge in [-0.2, -0.15) is 0 Å².